The molecule has 1 saturated carbocycles. The Balaban J connectivity index is 1.71. The number of nitrogens with zero attached hydrogens (tertiary/aromatic N) is 1. The van der Waals surface area contributed by atoms with E-state index in [0.717, 1.165) is 41.3 Å². The Bertz CT molecular complexity index is 928. The van der Waals surface area contributed by atoms with Gasteiger partial charge in [0.05, 0.1) is 0 Å². The summed E-state index contributed by atoms with van der Waals surface area (Å²) < 4.78 is 0. The molecular weight excluding hydrogens is 362 g/mol. The topological polar surface area (TPSA) is 61.4 Å². The Labute approximate surface area is 173 Å². The van der Waals surface area contributed by atoms with Crippen molar-refractivity contribution in [1.82, 2.24) is 0 Å². The number of anilines is 3. The molecule has 2 aromatic rings. The minimum Gasteiger partial charge on any atom is -0.372 e. The summed E-state index contributed by atoms with van der Waals surface area (Å²) in [6.07, 6.45) is 1.15. The summed E-state index contributed by atoms with van der Waals surface area (Å²) >= 11 is 0. The van der Waals surface area contributed by atoms with Gasteiger partial charge in [0, 0.05) is 30.2 Å². The molecule has 0 radical (unpaired) electrons. The Morgan fingerprint density at radius 3 is 2.07 bits per heavy atom. The third kappa shape index (κ3) is 4.29. The second-order valence-electron chi connectivity index (χ2n) is 7.96. The molecule has 5 heteroatoms. The Kier molecular flexibility index (Phi) is 5.96. The summed E-state index contributed by atoms with van der Waals surface area (Å²) in [6.45, 7) is 12.1. The lowest BCUT2D eigenvalue weighted by molar-refractivity contribution is -0.131. The molecule has 1 fully saturated rings. The van der Waals surface area contributed by atoms with Crippen molar-refractivity contribution in [3.8, 4) is 0 Å². The molecule has 2 aromatic carbocycles. The zero-order valence-electron chi connectivity index (χ0n) is 18.1. The van der Waals surface area contributed by atoms with Crippen LogP contribution < -0.4 is 15.5 Å². The van der Waals surface area contributed by atoms with Crippen LogP contribution in [-0.4, -0.2) is 24.9 Å². The van der Waals surface area contributed by atoms with Crippen molar-refractivity contribution in [2.45, 2.75) is 47.5 Å². The SMILES string of the molecule is CCN(CC)c1ccc(NC(=O)C2(C(=O)Nc3ccc(C)c(C)c3)CC2)c(C)c1. The van der Waals surface area contributed by atoms with Crippen LogP contribution in [0.15, 0.2) is 36.4 Å². The Hall–Kier alpha value is -2.82. The molecule has 2 N–H and O–H groups in total. The van der Waals surface area contributed by atoms with E-state index in [2.05, 4.69) is 35.4 Å². The van der Waals surface area contributed by atoms with Gasteiger partial charge in [-0.1, -0.05) is 6.07 Å². The van der Waals surface area contributed by atoms with E-state index in [1.54, 1.807) is 0 Å². The van der Waals surface area contributed by atoms with E-state index in [9.17, 15) is 9.59 Å². The van der Waals surface area contributed by atoms with Gasteiger partial charge in [-0.2, -0.15) is 0 Å². The van der Waals surface area contributed by atoms with Crippen LogP contribution in [0.1, 0.15) is 43.4 Å². The molecule has 3 rings (SSSR count). The van der Waals surface area contributed by atoms with Gasteiger partial charge in [0.2, 0.25) is 11.8 Å². The van der Waals surface area contributed by atoms with Crippen molar-refractivity contribution in [3.05, 3.63) is 53.1 Å². The van der Waals surface area contributed by atoms with E-state index < -0.39 is 5.41 Å². The lowest BCUT2D eigenvalue weighted by atomic mass is 10.0. The molecule has 5 nitrogen and oxygen atoms in total. The highest BCUT2D eigenvalue weighted by molar-refractivity contribution is 6.17. The molecule has 29 heavy (non-hydrogen) atoms. The fourth-order valence-corrected chi connectivity index (χ4v) is 3.57. The highest BCUT2D eigenvalue weighted by Crippen LogP contribution is 2.47. The van der Waals surface area contributed by atoms with E-state index in [0.29, 0.717) is 12.8 Å². The van der Waals surface area contributed by atoms with Crippen LogP contribution in [0.4, 0.5) is 17.1 Å². The third-order valence-electron chi connectivity index (χ3n) is 5.97. The lowest BCUT2D eigenvalue weighted by Gasteiger charge is -2.23. The van der Waals surface area contributed by atoms with Gasteiger partial charge in [0.25, 0.3) is 0 Å². The maximum Gasteiger partial charge on any atom is 0.240 e. The van der Waals surface area contributed by atoms with Gasteiger partial charge < -0.3 is 15.5 Å². The maximum absolute atomic E-state index is 13.0. The summed E-state index contributed by atoms with van der Waals surface area (Å²) in [5.41, 5.74) is 4.94. The number of benzene rings is 2. The highest BCUT2D eigenvalue weighted by atomic mass is 16.2. The molecule has 1 aliphatic carbocycles. The first-order valence-corrected chi connectivity index (χ1v) is 10.4. The third-order valence-corrected chi connectivity index (χ3v) is 5.97. The van der Waals surface area contributed by atoms with Crippen LogP contribution in [-0.2, 0) is 9.59 Å². The predicted octanol–water partition coefficient (Wildman–Crippen LogP) is 4.82. The standard InChI is InChI=1S/C24H31N3O2/c1-6-27(7-2)20-10-11-21(18(5)15-20)26-23(29)24(12-13-24)22(28)25-19-9-8-16(3)17(4)14-19/h8-11,14-15H,6-7,12-13H2,1-5H3,(H,25,28)(H,26,29). The molecule has 0 unspecified atom stereocenters. The van der Waals surface area contributed by atoms with Gasteiger partial charge in [-0.05, 0) is 94.5 Å². The molecule has 1 aliphatic rings. The first-order chi connectivity index (χ1) is 13.8. The van der Waals surface area contributed by atoms with Crippen LogP contribution in [0.25, 0.3) is 0 Å². The summed E-state index contributed by atoms with van der Waals surface area (Å²) in [4.78, 5) is 28.1. The minimum atomic E-state index is -0.969. The number of hydrogen-bond donors (Lipinski definition) is 2. The second kappa shape index (κ2) is 8.27. The quantitative estimate of drug-likeness (QED) is 0.663. The number of carbonyl (C=O) groups excluding carboxylic acids is 2. The number of amides is 2. The van der Waals surface area contributed by atoms with Crippen LogP contribution in [0.2, 0.25) is 0 Å². The molecule has 0 spiro atoms. The normalized spacial score (nSPS) is 14.2. The van der Waals surface area contributed by atoms with Crippen molar-refractivity contribution < 1.29 is 9.59 Å². The van der Waals surface area contributed by atoms with Crippen molar-refractivity contribution >= 4 is 28.9 Å². The van der Waals surface area contributed by atoms with Crippen LogP contribution in [0, 0.1) is 26.2 Å². The van der Waals surface area contributed by atoms with E-state index in [4.69, 9.17) is 0 Å². The van der Waals surface area contributed by atoms with E-state index >= 15 is 0 Å². The fourth-order valence-electron chi connectivity index (χ4n) is 3.57. The monoisotopic (exact) mass is 393 g/mol. The average molecular weight is 394 g/mol. The van der Waals surface area contributed by atoms with Crippen molar-refractivity contribution in [1.29, 1.82) is 0 Å². The number of carbonyl (C=O) groups is 2. The average Bonchev–Trinajstić information content (AvgIpc) is 3.50. The van der Waals surface area contributed by atoms with Crippen LogP contribution in [0.3, 0.4) is 0 Å². The predicted molar refractivity (Wildman–Crippen MR) is 120 cm³/mol. The van der Waals surface area contributed by atoms with Gasteiger partial charge >= 0.3 is 0 Å². The molecular formula is C24H31N3O2. The number of rotatable bonds is 7. The first-order valence-electron chi connectivity index (χ1n) is 10.4. The number of aryl methyl sites for hydroxylation is 3. The van der Waals surface area contributed by atoms with Crippen molar-refractivity contribution in [2.75, 3.05) is 28.6 Å². The molecule has 0 aromatic heterocycles. The van der Waals surface area contributed by atoms with Gasteiger partial charge in [0.1, 0.15) is 5.41 Å². The Morgan fingerprint density at radius 1 is 0.862 bits per heavy atom. The van der Waals surface area contributed by atoms with Crippen molar-refractivity contribution in [3.63, 3.8) is 0 Å². The maximum atomic E-state index is 13.0. The molecule has 0 saturated heterocycles. The molecule has 0 bridgehead atoms. The summed E-state index contributed by atoms with van der Waals surface area (Å²) in [5, 5.41) is 5.91. The molecule has 2 amide bonds. The number of hydrogen-bond acceptors (Lipinski definition) is 3. The second-order valence-corrected chi connectivity index (χ2v) is 7.96. The largest absolute Gasteiger partial charge is 0.372 e. The summed E-state index contributed by atoms with van der Waals surface area (Å²) in [5.74, 6) is -0.451. The van der Waals surface area contributed by atoms with Gasteiger partial charge in [0.15, 0.2) is 0 Å². The summed E-state index contributed by atoms with van der Waals surface area (Å²) in [7, 11) is 0. The zero-order valence-corrected chi connectivity index (χ0v) is 18.1. The molecule has 0 aliphatic heterocycles. The zero-order chi connectivity index (χ0) is 21.2. The van der Waals surface area contributed by atoms with Gasteiger partial charge in [-0.25, -0.2) is 0 Å². The van der Waals surface area contributed by atoms with E-state index in [-0.39, 0.29) is 11.8 Å². The Morgan fingerprint density at radius 2 is 1.52 bits per heavy atom. The summed E-state index contributed by atoms with van der Waals surface area (Å²) in [6, 6.07) is 11.8. The smallest absolute Gasteiger partial charge is 0.240 e. The van der Waals surface area contributed by atoms with Gasteiger partial charge in [-0.15, -0.1) is 0 Å². The highest BCUT2D eigenvalue weighted by Gasteiger charge is 2.56. The minimum absolute atomic E-state index is 0.225. The molecule has 0 atom stereocenters. The molecule has 0 heterocycles. The van der Waals surface area contributed by atoms with Gasteiger partial charge in [-0.3, -0.25) is 9.59 Å². The van der Waals surface area contributed by atoms with Crippen LogP contribution >= 0.6 is 0 Å². The van der Waals surface area contributed by atoms with Crippen molar-refractivity contribution in [2.24, 2.45) is 5.41 Å². The van der Waals surface area contributed by atoms with E-state index in [1.165, 1.54) is 5.56 Å². The lowest BCUT2D eigenvalue weighted by Crippen LogP contribution is -2.35. The number of nitrogens with one attached hydrogen (secondary N) is 2. The fraction of sp³-hybridized carbons (Fsp3) is 0.417. The first kappa shape index (κ1) is 20.9. The van der Waals surface area contributed by atoms with Crippen LogP contribution in [0.5, 0.6) is 0 Å². The van der Waals surface area contributed by atoms with E-state index in [1.807, 2.05) is 51.1 Å². The molecule has 154 valence electrons.